The number of aromatic nitrogens is 2. The highest BCUT2D eigenvalue weighted by Gasteiger charge is 2.24. The van der Waals surface area contributed by atoms with Crippen molar-refractivity contribution < 1.29 is 13.9 Å². The first kappa shape index (κ1) is 32.3. The van der Waals surface area contributed by atoms with Crippen molar-refractivity contribution in [2.24, 2.45) is 0 Å². The minimum Gasteiger partial charge on any atom is -0.494 e. The largest absolute Gasteiger partial charge is 0.494 e. The predicted octanol–water partition coefficient (Wildman–Crippen LogP) is 7.47. The molecule has 4 aromatic carbocycles. The molecule has 7 nitrogen and oxygen atoms in total. The number of hydrogen-bond donors (Lipinski definition) is 1. The second kappa shape index (κ2) is 15.7. The van der Waals surface area contributed by atoms with Gasteiger partial charge in [-0.15, -0.1) is 0 Å². The predicted molar refractivity (Wildman–Crippen MR) is 187 cm³/mol. The summed E-state index contributed by atoms with van der Waals surface area (Å²) in [7, 11) is 1.91. The number of fused-ring (bicyclic) bond motifs is 1. The number of anilines is 1. The molecule has 1 aromatic heterocycles. The SMILES string of the molecule is CN(CC(CCN1CCC(Nc2nc3ccccc3n2CCCOc2ccc(F)cc2)CC1)c1ccccc1)C(=O)c1ccccc1. The van der Waals surface area contributed by atoms with E-state index in [1.165, 1.54) is 17.7 Å². The van der Waals surface area contributed by atoms with Gasteiger partial charge in [0.1, 0.15) is 11.6 Å². The summed E-state index contributed by atoms with van der Waals surface area (Å²) in [4.78, 5) is 22.5. The second-order valence-corrected chi connectivity index (χ2v) is 12.4. The number of carbonyl (C=O) groups is 1. The molecule has 244 valence electrons. The number of piperidine rings is 1. The Morgan fingerprint density at radius 1 is 0.915 bits per heavy atom. The zero-order chi connectivity index (χ0) is 32.4. The Bertz CT molecular complexity index is 1700. The van der Waals surface area contributed by atoms with Crippen molar-refractivity contribution in [3.8, 4) is 5.75 Å². The summed E-state index contributed by atoms with van der Waals surface area (Å²) in [6.45, 7) is 5.02. The molecule has 5 aromatic rings. The van der Waals surface area contributed by atoms with Gasteiger partial charge in [-0.25, -0.2) is 9.37 Å². The van der Waals surface area contributed by atoms with Crippen LogP contribution >= 0.6 is 0 Å². The molecule has 1 amide bonds. The lowest BCUT2D eigenvalue weighted by atomic mass is 9.94. The number of carbonyl (C=O) groups excluding carboxylic acids is 1. The third kappa shape index (κ3) is 8.57. The van der Waals surface area contributed by atoms with E-state index in [0.717, 1.165) is 74.4 Å². The summed E-state index contributed by atoms with van der Waals surface area (Å²) in [6.07, 6.45) is 3.88. The van der Waals surface area contributed by atoms with Gasteiger partial charge in [-0.1, -0.05) is 60.7 Å². The molecule has 0 radical (unpaired) electrons. The first-order valence-electron chi connectivity index (χ1n) is 16.7. The van der Waals surface area contributed by atoms with Crippen molar-refractivity contribution >= 4 is 22.9 Å². The van der Waals surface area contributed by atoms with Crippen LogP contribution in [0.15, 0.2) is 109 Å². The van der Waals surface area contributed by atoms with E-state index in [4.69, 9.17) is 9.72 Å². The van der Waals surface area contributed by atoms with Crippen molar-refractivity contribution in [2.75, 3.05) is 45.2 Å². The number of imidazole rings is 1. The smallest absolute Gasteiger partial charge is 0.253 e. The number of likely N-dealkylation sites (tertiary alicyclic amines) is 1. The number of ether oxygens (including phenoxy) is 1. The van der Waals surface area contributed by atoms with Crippen LogP contribution in [0, 0.1) is 5.82 Å². The maximum Gasteiger partial charge on any atom is 0.253 e. The third-order valence-corrected chi connectivity index (χ3v) is 9.11. The lowest BCUT2D eigenvalue weighted by Gasteiger charge is -2.34. The summed E-state index contributed by atoms with van der Waals surface area (Å²) in [5.74, 6) is 1.64. The highest BCUT2D eigenvalue weighted by atomic mass is 19.1. The normalized spacial score (nSPS) is 14.6. The van der Waals surface area contributed by atoms with Gasteiger partial charge < -0.3 is 24.4 Å². The zero-order valence-corrected chi connectivity index (χ0v) is 27.1. The number of nitrogens with one attached hydrogen (secondary N) is 1. The van der Waals surface area contributed by atoms with Crippen molar-refractivity contribution in [1.82, 2.24) is 19.4 Å². The fourth-order valence-electron chi connectivity index (χ4n) is 6.48. The molecule has 1 N–H and O–H groups in total. The highest BCUT2D eigenvalue weighted by molar-refractivity contribution is 5.94. The topological polar surface area (TPSA) is 62.6 Å². The molecule has 0 bridgehead atoms. The molecule has 1 aliphatic heterocycles. The third-order valence-electron chi connectivity index (χ3n) is 9.11. The molecule has 0 spiro atoms. The van der Waals surface area contributed by atoms with Gasteiger partial charge in [-0.2, -0.15) is 0 Å². The molecule has 1 atom stereocenters. The van der Waals surface area contributed by atoms with Crippen LogP contribution in [0.1, 0.15) is 47.5 Å². The van der Waals surface area contributed by atoms with E-state index < -0.39 is 0 Å². The van der Waals surface area contributed by atoms with Gasteiger partial charge >= 0.3 is 0 Å². The Morgan fingerprint density at radius 2 is 1.60 bits per heavy atom. The number of likely N-dealkylation sites (N-methyl/N-ethyl adjacent to an activating group) is 1. The van der Waals surface area contributed by atoms with Crippen LogP contribution in [-0.4, -0.2) is 71.1 Å². The van der Waals surface area contributed by atoms with Gasteiger partial charge in [-0.05, 0) is 86.3 Å². The Balaban J connectivity index is 1.02. The minimum atomic E-state index is -0.264. The van der Waals surface area contributed by atoms with Gasteiger partial charge in [0.15, 0.2) is 0 Å². The highest BCUT2D eigenvalue weighted by Crippen LogP contribution is 2.26. The summed E-state index contributed by atoms with van der Waals surface area (Å²) in [5.41, 5.74) is 4.09. The van der Waals surface area contributed by atoms with Gasteiger partial charge in [0, 0.05) is 50.7 Å². The van der Waals surface area contributed by atoms with Crippen LogP contribution in [0.25, 0.3) is 11.0 Å². The van der Waals surface area contributed by atoms with Crippen LogP contribution in [-0.2, 0) is 6.54 Å². The van der Waals surface area contributed by atoms with E-state index in [9.17, 15) is 9.18 Å². The van der Waals surface area contributed by atoms with E-state index >= 15 is 0 Å². The minimum absolute atomic E-state index is 0.0600. The number of benzene rings is 4. The number of rotatable bonds is 14. The monoisotopic (exact) mass is 633 g/mol. The first-order chi connectivity index (χ1) is 23.0. The van der Waals surface area contributed by atoms with Gasteiger partial charge in [0.25, 0.3) is 5.91 Å². The molecule has 47 heavy (non-hydrogen) atoms. The number of nitrogens with zero attached hydrogens (tertiary/aromatic N) is 4. The van der Waals surface area contributed by atoms with Gasteiger partial charge in [0.2, 0.25) is 5.95 Å². The summed E-state index contributed by atoms with van der Waals surface area (Å²) in [5, 5.41) is 3.77. The molecule has 0 aliphatic carbocycles. The maximum atomic E-state index is 13.2. The van der Waals surface area contributed by atoms with Crippen LogP contribution in [0.2, 0.25) is 0 Å². The Labute approximate surface area is 277 Å². The number of halogens is 1. The van der Waals surface area contributed by atoms with Crippen molar-refractivity contribution in [2.45, 2.75) is 44.2 Å². The van der Waals surface area contributed by atoms with E-state index in [2.05, 4.69) is 57.2 Å². The number of aryl methyl sites for hydroxylation is 1. The molecule has 1 saturated heterocycles. The fourth-order valence-corrected chi connectivity index (χ4v) is 6.48. The quantitative estimate of drug-likeness (QED) is 0.129. The fraction of sp³-hybridized carbons (Fsp3) is 0.333. The van der Waals surface area contributed by atoms with Crippen LogP contribution < -0.4 is 10.1 Å². The zero-order valence-electron chi connectivity index (χ0n) is 27.1. The van der Waals surface area contributed by atoms with Gasteiger partial charge in [-0.3, -0.25) is 4.79 Å². The maximum absolute atomic E-state index is 13.2. The molecular formula is C39H44FN5O2. The Morgan fingerprint density at radius 3 is 2.34 bits per heavy atom. The van der Waals surface area contributed by atoms with E-state index in [1.54, 1.807) is 12.1 Å². The molecule has 1 unspecified atom stereocenters. The first-order valence-corrected chi connectivity index (χ1v) is 16.7. The molecule has 6 rings (SSSR count). The van der Waals surface area contributed by atoms with Crippen LogP contribution in [0.4, 0.5) is 10.3 Å². The summed E-state index contributed by atoms with van der Waals surface area (Å²) >= 11 is 0. The Kier molecular flexibility index (Phi) is 10.8. The van der Waals surface area contributed by atoms with E-state index in [0.29, 0.717) is 24.9 Å². The van der Waals surface area contributed by atoms with Crippen molar-refractivity contribution in [1.29, 1.82) is 0 Å². The number of amides is 1. The summed E-state index contributed by atoms with van der Waals surface area (Å²) in [6, 6.07) is 34.9. The van der Waals surface area contributed by atoms with Gasteiger partial charge in [0.05, 0.1) is 17.6 Å². The van der Waals surface area contributed by atoms with E-state index in [-0.39, 0.29) is 17.6 Å². The molecule has 1 fully saturated rings. The molecular weight excluding hydrogens is 589 g/mol. The van der Waals surface area contributed by atoms with Crippen molar-refractivity contribution in [3.05, 3.63) is 126 Å². The van der Waals surface area contributed by atoms with Crippen LogP contribution in [0.5, 0.6) is 5.75 Å². The second-order valence-electron chi connectivity index (χ2n) is 12.4. The van der Waals surface area contributed by atoms with Crippen LogP contribution in [0.3, 0.4) is 0 Å². The standard InChI is InChI=1S/C39H44FN5O2/c1-43(38(46)31-13-6-3-7-14-31)29-32(30-11-4-2-5-12-30)21-25-44-26-22-34(23-27-44)41-39-42-36-15-8-9-16-37(36)45(39)24-10-28-47-35-19-17-33(40)18-20-35/h2-9,11-20,32,34H,10,21-29H2,1H3,(H,41,42). The van der Waals surface area contributed by atoms with E-state index in [1.807, 2.05) is 54.4 Å². The van der Waals surface area contributed by atoms with Crippen molar-refractivity contribution in [3.63, 3.8) is 0 Å². The average molecular weight is 634 g/mol. The molecule has 1 aliphatic rings. The lowest BCUT2D eigenvalue weighted by Crippen LogP contribution is -2.40. The number of hydrogen-bond acceptors (Lipinski definition) is 5. The molecule has 8 heteroatoms. The Hall–Kier alpha value is -4.69. The molecule has 2 heterocycles. The number of para-hydroxylation sites is 2. The lowest BCUT2D eigenvalue weighted by molar-refractivity contribution is 0.0782. The average Bonchev–Trinajstić information content (AvgIpc) is 3.46. The summed E-state index contributed by atoms with van der Waals surface area (Å²) < 4.78 is 21.3. The molecule has 0 saturated carbocycles.